The van der Waals surface area contributed by atoms with Gasteiger partial charge in [-0.15, -0.1) is 0 Å². The van der Waals surface area contributed by atoms with Gasteiger partial charge in [0.15, 0.2) is 12.2 Å². The molecule has 0 atom stereocenters. The fraction of sp³-hybridized carbons (Fsp3) is 0.500. The number of fused-ring (bicyclic) bond motifs is 1. The molecule has 2 rings (SSSR count). The van der Waals surface area contributed by atoms with E-state index in [1.165, 1.54) is 4.90 Å². The van der Waals surface area contributed by atoms with Crippen molar-refractivity contribution < 1.29 is 23.6 Å². The van der Waals surface area contributed by atoms with Gasteiger partial charge in [-0.2, -0.15) is 0 Å². The lowest BCUT2D eigenvalue weighted by Gasteiger charge is -2.16. The van der Waals surface area contributed by atoms with Crippen LogP contribution in [0.1, 0.15) is 31.9 Å². The van der Waals surface area contributed by atoms with Gasteiger partial charge < -0.3 is 18.8 Å². The van der Waals surface area contributed by atoms with Gasteiger partial charge in [-0.1, -0.05) is 11.6 Å². The van der Waals surface area contributed by atoms with Crippen molar-refractivity contribution in [2.24, 2.45) is 0 Å². The molecule has 0 saturated carbocycles. The molecule has 0 bridgehead atoms. The van der Waals surface area contributed by atoms with Crippen molar-refractivity contribution in [2.75, 3.05) is 32.8 Å². The van der Waals surface area contributed by atoms with Crippen LogP contribution in [-0.2, 0) is 16.0 Å². The Balaban J connectivity index is 2.32. The highest BCUT2D eigenvalue weighted by Crippen LogP contribution is 2.34. The average Bonchev–Trinajstić information content (AvgIpc) is 2.65. The number of hydrogen-bond donors (Lipinski definition) is 1. The molecular weight excluding hydrogens is 370 g/mol. The summed E-state index contributed by atoms with van der Waals surface area (Å²) in [7, 11) is 0. The van der Waals surface area contributed by atoms with Gasteiger partial charge in [0.05, 0.1) is 26.2 Å². The number of hydrogen-bond acceptors (Lipinski definition) is 5. The predicted octanol–water partition coefficient (Wildman–Crippen LogP) is 2.16. The van der Waals surface area contributed by atoms with Gasteiger partial charge in [0.1, 0.15) is 10.8 Å². The zero-order chi connectivity index (χ0) is 20.0. The van der Waals surface area contributed by atoms with Crippen LogP contribution in [-0.4, -0.2) is 38.8 Å². The van der Waals surface area contributed by atoms with Gasteiger partial charge in [0, 0.05) is 17.4 Å². The monoisotopic (exact) mass is 396 g/mol. The maximum absolute atomic E-state index is 12.5. The summed E-state index contributed by atoms with van der Waals surface area (Å²) in [5, 5.41) is 0.950. The summed E-state index contributed by atoms with van der Waals surface area (Å²) in [6.07, 6.45) is 0.653. The van der Waals surface area contributed by atoms with Crippen LogP contribution in [0, 0.1) is 6.92 Å². The van der Waals surface area contributed by atoms with E-state index >= 15 is 0 Å². The van der Waals surface area contributed by atoms with Crippen LogP contribution in [0.3, 0.4) is 0 Å². The van der Waals surface area contributed by atoms with Crippen LogP contribution >= 0.6 is 11.6 Å². The van der Waals surface area contributed by atoms with Crippen molar-refractivity contribution in [1.29, 1.82) is 0 Å². The van der Waals surface area contributed by atoms with Gasteiger partial charge in [-0.3, -0.25) is 0 Å². The minimum Gasteiger partial charge on any atom is -0.480 e. The Kier molecular flexibility index (Phi) is 7.68. The number of ether oxygens (including phenoxy) is 2. The van der Waals surface area contributed by atoms with E-state index in [0.29, 0.717) is 12.0 Å². The molecule has 0 fully saturated rings. The second-order valence-corrected chi connectivity index (χ2v) is 6.68. The number of carbonyl (C=O) groups excluding carboxylic acids is 1. The molecule has 1 aromatic heterocycles. The molecule has 0 aliphatic heterocycles. The molecule has 0 radical (unpaired) electrons. The fourth-order valence-corrected chi connectivity index (χ4v) is 3.31. The molecule has 0 saturated heterocycles. The predicted molar refractivity (Wildman–Crippen MR) is 105 cm³/mol. The number of benzene rings is 1. The SMILES string of the molecule is CCOC(=O)COc1ccc2c(C)c(CC[NH+](CC)CC)c(=O)oc2c1Cl. The summed E-state index contributed by atoms with van der Waals surface area (Å²) in [6, 6.07) is 3.48. The van der Waals surface area contributed by atoms with Crippen LogP contribution in [0.2, 0.25) is 5.02 Å². The molecule has 0 amide bonds. The van der Waals surface area contributed by atoms with E-state index in [4.69, 9.17) is 25.5 Å². The summed E-state index contributed by atoms with van der Waals surface area (Å²) in [4.78, 5) is 25.4. The zero-order valence-corrected chi connectivity index (χ0v) is 17.1. The molecule has 7 heteroatoms. The number of quaternary nitrogens is 1. The highest BCUT2D eigenvalue weighted by Gasteiger charge is 2.18. The van der Waals surface area contributed by atoms with Crippen molar-refractivity contribution in [3.05, 3.63) is 38.7 Å². The Hall–Kier alpha value is -2.05. The molecule has 6 nitrogen and oxygen atoms in total. The van der Waals surface area contributed by atoms with Gasteiger partial charge >= 0.3 is 11.6 Å². The largest absolute Gasteiger partial charge is 0.480 e. The van der Waals surface area contributed by atoms with Crippen LogP contribution in [0.25, 0.3) is 11.0 Å². The second-order valence-electron chi connectivity index (χ2n) is 6.30. The first-order valence-corrected chi connectivity index (χ1v) is 9.67. The zero-order valence-electron chi connectivity index (χ0n) is 16.3. The summed E-state index contributed by atoms with van der Waals surface area (Å²) < 4.78 is 15.7. The van der Waals surface area contributed by atoms with Crippen molar-refractivity contribution in [1.82, 2.24) is 0 Å². The molecule has 0 unspecified atom stereocenters. The maximum atomic E-state index is 12.5. The van der Waals surface area contributed by atoms with Gasteiger partial charge in [0.2, 0.25) is 0 Å². The first kappa shape index (κ1) is 21.3. The van der Waals surface area contributed by atoms with E-state index in [0.717, 1.165) is 30.6 Å². The molecule has 0 aliphatic rings. The molecule has 148 valence electrons. The van der Waals surface area contributed by atoms with E-state index in [-0.39, 0.29) is 35.2 Å². The smallest absolute Gasteiger partial charge is 0.344 e. The van der Waals surface area contributed by atoms with Crippen LogP contribution in [0.4, 0.5) is 0 Å². The third kappa shape index (κ3) is 5.02. The number of aryl methyl sites for hydroxylation is 1. The highest BCUT2D eigenvalue weighted by molar-refractivity contribution is 6.36. The van der Waals surface area contributed by atoms with Crippen molar-refractivity contribution in [3.8, 4) is 5.75 Å². The fourth-order valence-electron chi connectivity index (χ4n) is 3.05. The van der Waals surface area contributed by atoms with E-state index in [1.54, 1.807) is 19.1 Å². The Bertz CT molecular complexity index is 858. The Labute approximate surface area is 164 Å². The molecule has 2 aromatic rings. The molecule has 1 aromatic carbocycles. The number of rotatable bonds is 9. The summed E-state index contributed by atoms with van der Waals surface area (Å²) in [6.45, 7) is 10.8. The first-order chi connectivity index (χ1) is 12.9. The lowest BCUT2D eigenvalue weighted by molar-refractivity contribution is -0.896. The molecule has 0 spiro atoms. The summed E-state index contributed by atoms with van der Waals surface area (Å²) >= 11 is 6.36. The average molecular weight is 397 g/mol. The van der Waals surface area contributed by atoms with Gasteiger partial charge in [-0.25, -0.2) is 9.59 Å². The van der Waals surface area contributed by atoms with Crippen LogP contribution in [0.5, 0.6) is 5.75 Å². The van der Waals surface area contributed by atoms with Crippen molar-refractivity contribution in [2.45, 2.75) is 34.1 Å². The number of carbonyl (C=O) groups is 1. The molecule has 27 heavy (non-hydrogen) atoms. The minimum atomic E-state index is -0.486. The quantitative estimate of drug-likeness (QED) is 0.519. The van der Waals surface area contributed by atoms with Gasteiger partial charge in [-0.05, 0) is 45.4 Å². The van der Waals surface area contributed by atoms with E-state index in [2.05, 4.69) is 13.8 Å². The van der Waals surface area contributed by atoms with Crippen molar-refractivity contribution in [3.63, 3.8) is 0 Å². The maximum Gasteiger partial charge on any atom is 0.344 e. The lowest BCUT2D eigenvalue weighted by atomic mass is 10.0. The molecule has 1 heterocycles. The molecule has 1 N–H and O–H groups in total. The highest BCUT2D eigenvalue weighted by atomic mass is 35.5. The minimum absolute atomic E-state index is 0.179. The standard InChI is InChI=1S/C20H26ClNO5/c1-5-22(6-2)11-10-15-13(4)14-8-9-16(26-12-17(23)25-7-3)18(21)19(14)27-20(15)24/h8-9H,5-7,10-12H2,1-4H3/p+1. The Morgan fingerprint density at radius 2 is 1.93 bits per heavy atom. The van der Waals surface area contributed by atoms with Gasteiger partial charge in [0.25, 0.3) is 0 Å². The Morgan fingerprint density at radius 1 is 1.22 bits per heavy atom. The molecular formula is C20H27ClNO5+. The summed E-state index contributed by atoms with van der Waals surface area (Å²) in [5.41, 5.74) is 1.44. The van der Waals surface area contributed by atoms with E-state index in [9.17, 15) is 9.59 Å². The van der Waals surface area contributed by atoms with E-state index in [1.807, 2.05) is 6.92 Å². The third-order valence-electron chi connectivity index (χ3n) is 4.74. The number of halogens is 1. The second kappa shape index (κ2) is 9.76. The normalized spacial score (nSPS) is 11.2. The summed E-state index contributed by atoms with van der Waals surface area (Å²) in [5.74, 6) is -0.208. The lowest BCUT2D eigenvalue weighted by Crippen LogP contribution is -3.11. The third-order valence-corrected chi connectivity index (χ3v) is 5.10. The van der Waals surface area contributed by atoms with Crippen LogP contribution in [0.15, 0.2) is 21.3 Å². The first-order valence-electron chi connectivity index (χ1n) is 9.29. The van der Waals surface area contributed by atoms with E-state index < -0.39 is 5.97 Å². The topological polar surface area (TPSA) is 70.2 Å². The molecule has 0 aliphatic carbocycles. The number of esters is 1. The van der Waals surface area contributed by atoms with Crippen molar-refractivity contribution >= 4 is 28.5 Å². The Morgan fingerprint density at radius 3 is 2.56 bits per heavy atom. The number of likely N-dealkylation sites (N-methyl/N-ethyl adjacent to an activating group) is 1. The van der Waals surface area contributed by atoms with Crippen LogP contribution < -0.4 is 15.3 Å². The number of nitrogens with one attached hydrogen (secondary N) is 1.